The zero-order valence-corrected chi connectivity index (χ0v) is 10.5. The molecule has 1 atom stereocenters. The standard InChI is InChI=1S/C10H9BrN2OS/c1-6(15)10(14)13-9-3-2-8(11)4-7(9)5-12/h2-4,6,15H,1H3,(H,13,14). The highest BCUT2D eigenvalue weighted by Crippen LogP contribution is 2.20. The minimum atomic E-state index is -0.403. The highest BCUT2D eigenvalue weighted by molar-refractivity contribution is 9.10. The number of carbonyl (C=O) groups excluding carboxylic acids is 1. The van der Waals surface area contributed by atoms with Gasteiger partial charge in [-0.1, -0.05) is 15.9 Å². The number of thiol groups is 1. The number of nitrogens with zero attached hydrogens (tertiary/aromatic N) is 1. The molecule has 0 saturated heterocycles. The first kappa shape index (κ1) is 12.1. The molecule has 3 nitrogen and oxygen atoms in total. The van der Waals surface area contributed by atoms with Crippen LogP contribution in [0.5, 0.6) is 0 Å². The average Bonchev–Trinajstić information content (AvgIpc) is 2.20. The van der Waals surface area contributed by atoms with Crippen molar-refractivity contribution in [1.82, 2.24) is 0 Å². The lowest BCUT2D eigenvalue weighted by Gasteiger charge is -2.08. The van der Waals surface area contributed by atoms with Gasteiger partial charge in [-0.25, -0.2) is 0 Å². The Labute approximate surface area is 102 Å². The molecule has 1 rings (SSSR count). The largest absolute Gasteiger partial charge is 0.324 e. The van der Waals surface area contributed by atoms with E-state index in [1.807, 2.05) is 6.07 Å². The molecule has 1 N–H and O–H groups in total. The Hall–Kier alpha value is -0.990. The van der Waals surface area contributed by atoms with Crippen molar-refractivity contribution in [3.8, 4) is 6.07 Å². The first-order valence-corrected chi connectivity index (χ1v) is 5.54. The van der Waals surface area contributed by atoms with Gasteiger partial charge in [-0.2, -0.15) is 17.9 Å². The van der Waals surface area contributed by atoms with Gasteiger partial charge in [0.1, 0.15) is 6.07 Å². The van der Waals surface area contributed by atoms with Crippen LogP contribution in [0.15, 0.2) is 22.7 Å². The molecule has 0 bridgehead atoms. The monoisotopic (exact) mass is 284 g/mol. The second-order valence-electron chi connectivity index (χ2n) is 2.97. The van der Waals surface area contributed by atoms with Crippen molar-refractivity contribution >= 4 is 40.2 Å². The Kier molecular flexibility index (Phi) is 4.18. The molecular weight excluding hydrogens is 276 g/mol. The fourth-order valence-corrected chi connectivity index (χ4v) is 1.38. The van der Waals surface area contributed by atoms with E-state index in [-0.39, 0.29) is 5.91 Å². The molecule has 0 aliphatic carbocycles. The second kappa shape index (κ2) is 5.19. The zero-order chi connectivity index (χ0) is 11.4. The Balaban J connectivity index is 2.96. The SMILES string of the molecule is CC(S)C(=O)Nc1ccc(Br)cc1C#N. The van der Waals surface area contributed by atoms with Gasteiger partial charge in [-0.15, -0.1) is 0 Å². The normalized spacial score (nSPS) is 11.6. The molecule has 0 heterocycles. The lowest BCUT2D eigenvalue weighted by Crippen LogP contribution is -2.20. The molecule has 0 saturated carbocycles. The minimum Gasteiger partial charge on any atom is -0.324 e. The molecule has 78 valence electrons. The first-order valence-electron chi connectivity index (χ1n) is 4.23. The van der Waals surface area contributed by atoms with E-state index in [0.29, 0.717) is 11.3 Å². The van der Waals surface area contributed by atoms with Gasteiger partial charge < -0.3 is 5.32 Å². The van der Waals surface area contributed by atoms with E-state index in [1.165, 1.54) is 0 Å². The fourth-order valence-electron chi connectivity index (χ4n) is 0.955. The van der Waals surface area contributed by atoms with Crippen molar-refractivity contribution < 1.29 is 4.79 Å². The topological polar surface area (TPSA) is 52.9 Å². The molecule has 15 heavy (non-hydrogen) atoms. The van der Waals surface area contributed by atoms with Crippen LogP contribution in [-0.4, -0.2) is 11.2 Å². The van der Waals surface area contributed by atoms with Crippen molar-refractivity contribution in [3.05, 3.63) is 28.2 Å². The van der Waals surface area contributed by atoms with E-state index < -0.39 is 5.25 Å². The minimum absolute atomic E-state index is 0.225. The van der Waals surface area contributed by atoms with Crippen LogP contribution >= 0.6 is 28.6 Å². The molecule has 0 radical (unpaired) electrons. The number of rotatable bonds is 2. The fraction of sp³-hybridized carbons (Fsp3) is 0.200. The molecule has 0 aliphatic rings. The van der Waals surface area contributed by atoms with Gasteiger partial charge in [0.05, 0.1) is 16.5 Å². The molecule has 0 fully saturated rings. The molecular formula is C10H9BrN2OS. The molecule has 0 aromatic heterocycles. The van der Waals surface area contributed by atoms with Crippen LogP contribution in [0.4, 0.5) is 5.69 Å². The zero-order valence-electron chi connectivity index (χ0n) is 7.99. The summed E-state index contributed by atoms with van der Waals surface area (Å²) in [6.07, 6.45) is 0. The Bertz CT molecular complexity index is 426. The third-order valence-electron chi connectivity index (χ3n) is 1.74. The van der Waals surface area contributed by atoms with Gasteiger partial charge >= 0.3 is 0 Å². The number of hydrogen-bond donors (Lipinski definition) is 2. The van der Waals surface area contributed by atoms with E-state index in [9.17, 15) is 4.79 Å². The number of benzene rings is 1. The average molecular weight is 285 g/mol. The number of carbonyl (C=O) groups is 1. The lowest BCUT2D eigenvalue weighted by atomic mass is 10.2. The molecule has 5 heteroatoms. The summed E-state index contributed by atoms with van der Waals surface area (Å²) >= 11 is 7.26. The summed E-state index contributed by atoms with van der Waals surface area (Å²) in [4.78, 5) is 11.4. The number of nitrogens with one attached hydrogen (secondary N) is 1. The lowest BCUT2D eigenvalue weighted by molar-refractivity contribution is -0.115. The molecule has 0 aliphatic heterocycles. The van der Waals surface area contributed by atoms with Crippen molar-refractivity contribution in [2.75, 3.05) is 5.32 Å². The highest BCUT2D eigenvalue weighted by Gasteiger charge is 2.10. The van der Waals surface area contributed by atoms with Crippen LogP contribution in [0, 0.1) is 11.3 Å². The first-order chi connectivity index (χ1) is 7.04. The molecule has 1 aromatic carbocycles. The molecule has 1 amide bonds. The van der Waals surface area contributed by atoms with Gasteiger partial charge in [-0.05, 0) is 25.1 Å². The van der Waals surface area contributed by atoms with Gasteiger partial charge in [0.15, 0.2) is 0 Å². The summed E-state index contributed by atoms with van der Waals surface area (Å²) in [5, 5.41) is 11.1. The maximum absolute atomic E-state index is 11.4. The summed E-state index contributed by atoms with van der Waals surface area (Å²) < 4.78 is 0.802. The summed E-state index contributed by atoms with van der Waals surface area (Å²) in [6.45, 7) is 1.67. The van der Waals surface area contributed by atoms with Gasteiger partial charge in [0.25, 0.3) is 0 Å². The maximum Gasteiger partial charge on any atom is 0.236 e. The predicted octanol–water partition coefficient (Wildman–Crippen LogP) is 2.58. The van der Waals surface area contributed by atoms with Crippen LogP contribution in [-0.2, 0) is 4.79 Å². The van der Waals surface area contributed by atoms with Crippen molar-refractivity contribution in [3.63, 3.8) is 0 Å². The van der Waals surface area contributed by atoms with E-state index in [2.05, 4.69) is 33.9 Å². The third-order valence-corrected chi connectivity index (χ3v) is 2.47. The quantitative estimate of drug-likeness (QED) is 0.821. The molecule has 1 aromatic rings. The number of halogens is 1. The molecule has 1 unspecified atom stereocenters. The number of anilines is 1. The van der Waals surface area contributed by atoms with E-state index in [1.54, 1.807) is 25.1 Å². The number of hydrogen-bond acceptors (Lipinski definition) is 3. The van der Waals surface area contributed by atoms with Crippen LogP contribution < -0.4 is 5.32 Å². The third kappa shape index (κ3) is 3.26. The smallest absolute Gasteiger partial charge is 0.236 e. The van der Waals surface area contributed by atoms with Crippen LogP contribution in [0.1, 0.15) is 12.5 Å². The number of nitriles is 1. The van der Waals surface area contributed by atoms with Crippen molar-refractivity contribution in [2.24, 2.45) is 0 Å². The van der Waals surface area contributed by atoms with Crippen molar-refractivity contribution in [2.45, 2.75) is 12.2 Å². The van der Waals surface area contributed by atoms with Gasteiger partial charge in [0, 0.05) is 4.47 Å². The van der Waals surface area contributed by atoms with Gasteiger partial charge in [-0.3, -0.25) is 4.79 Å². The van der Waals surface area contributed by atoms with Crippen LogP contribution in [0.3, 0.4) is 0 Å². The summed E-state index contributed by atoms with van der Waals surface area (Å²) in [5.41, 5.74) is 0.929. The molecule has 0 spiro atoms. The summed E-state index contributed by atoms with van der Waals surface area (Å²) in [7, 11) is 0. The number of amides is 1. The summed E-state index contributed by atoms with van der Waals surface area (Å²) in [6, 6.07) is 7.10. The second-order valence-corrected chi connectivity index (χ2v) is 4.66. The Morgan fingerprint density at radius 2 is 2.33 bits per heavy atom. The van der Waals surface area contributed by atoms with Crippen LogP contribution in [0.2, 0.25) is 0 Å². The van der Waals surface area contributed by atoms with Crippen LogP contribution in [0.25, 0.3) is 0 Å². The Morgan fingerprint density at radius 1 is 1.67 bits per heavy atom. The van der Waals surface area contributed by atoms with E-state index >= 15 is 0 Å². The van der Waals surface area contributed by atoms with Gasteiger partial charge in [0.2, 0.25) is 5.91 Å². The van der Waals surface area contributed by atoms with Crippen molar-refractivity contribution in [1.29, 1.82) is 5.26 Å². The van der Waals surface area contributed by atoms with E-state index in [0.717, 1.165) is 4.47 Å². The predicted molar refractivity (Wildman–Crippen MR) is 65.9 cm³/mol. The highest BCUT2D eigenvalue weighted by atomic mass is 79.9. The van der Waals surface area contributed by atoms with E-state index in [4.69, 9.17) is 5.26 Å². The Morgan fingerprint density at radius 3 is 2.87 bits per heavy atom. The maximum atomic E-state index is 11.4. The summed E-state index contributed by atoms with van der Waals surface area (Å²) in [5.74, 6) is -0.225.